The number of carbonyl (C=O) groups is 1. The number of nitrogens with zero attached hydrogens (tertiary/aromatic N) is 1. The van der Waals surface area contributed by atoms with Gasteiger partial charge in [-0.05, 0) is 48.6 Å². The zero-order valence-electron chi connectivity index (χ0n) is 11.9. The second-order valence-corrected chi connectivity index (χ2v) is 6.30. The molecule has 0 saturated heterocycles. The number of benzene rings is 1. The van der Waals surface area contributed by atoms with Gasteiger partial charge in [0, 0.05) is 17.0 Å². The maximum atomic E-state index is 12.8. The van der Waals surface area contributed by atoms with Crippen LogP contribution in [0.1, 0.15) is 39.3 Å². The Bertz CT molecular complexity index is 707. The number of alkyl halides is 3. The fraction of sp³-hybridized carbons (Fsp3) is 0.312. The van der Waals surface area contributed by atoms with Crippen molar-refractivity contribution in [2.45, 2.75) is 25.6 Å². The number of carbonyl (C=O) groups excluding carboxylic acids is 1. The Labute approximate surface area is 130 Å². The zero-order chi connectivity index (χ0) is 15.9. The molecule has 3 rings (SSSR count). The van der Waals surface area contributed by atoms with Gasteiger partial charge < -0.3 is 4.90 Å². The molecule has 0 radical (unpaired) electrons. The van der Waals surface area contributed by atoms with E-state index in [1.165, 1.54) is 17.0 Å². The van der Waals surface area contributed by atoms with E-state index in [-0.39, 0.29) is 17.5 Å². The van der Waals surface area contributed by atoms with E-state index in [2.05, 4.69) is 0 Å². The third-order valence-electron chi connectivity index (χ3n) is 3.97. The summed E-state index contributed by atoms with van der Waals surface area (Å²) in [6, 6.07) is 6.49. The summed E-state index contributed by atoms with van der Waals surface area (Å²) in [4.78, 5) is 15.5. The van der Waals surface area contributed by atoms with E-state index in [0.29, 0.717) is 6.54 Å². The van der Waals surface area contributed by atoms with Crippen LogP contribution in [0.3, 0.4) is 0 Å². The van der Waals surface area contributed by atoms with Crippen LogP contribution in [0.25, 0.3) is 0 Å². The predicted octanol–water partition coefficient (Wildman–Crippen LogP) is 4.53. The Kier molecular flexibility index (Phi) is 3.72. The van der Waals surface area contributed by atoms with Gasteiger partial charge in [-0.3, -0.25) is 4.79 Å². The van der Waals surface area contributed by atoms with Gasteiger partial charge in [-0.15, -0.1) is 11.3 Å². The highest BCUT2D eigenvalue weighted by Crippen LogP contribution is 2.34. The number of rotatable bonds is 1. The molecule has 2 aromatic rings. The largest absolute Gasteiger partial charge is 0.416 e. The number of halogens is 3. The molecule has 2 heterocycles. The van der Waals surface area contributed by atoms with E-state index in [1.54, 1.807) is 16.2 Å². The maximum Gasteiger partial charge on any atom is 0.416 e. The number of fused-ring (bicyclic) bond motifs is 1. The zero-order valence-corrected chi connectivity index (χ0v) is 12.7. The van der Waals surface area contributed by atoms with Gasteiger partial charge in [-0.25, -0.2) is 0 Å². The molecule has 6 heteroatoms. The molecule has 0 saturated carbocycles. The van der Waals surface area contributed by atoms with Crippen molar-refractivity contribution < 1.29 is 18.0 Å². The highest BCUT2D eigenvalue weighted by molar-refractivity contribution is 7.10. The number of amides is 1. The first-order valence-electron chi connectivity index (χ1n) is 6.92. The Morgan fingerprint density at radius 2 is 2.09 bits per heavy atom. The highest BCUT2D eigenvalue weighted by atomic mass is 32.1. The molecular weight excluding hydrogens is 311 g/mol. The summed E-state index contributed by atoms with van der Waals surface area (Å²) < 4.78 is 38.3. The topological polar surface area (TPSA) is 20.3 Å². The van der Waals surface area contributed by atoms with Crippen molar-refractivity contribution in [2.75, 3.05) is 6.54 Å². The van der Waals surface area contributed by atoms with Crippen LogP contribution in [0.4, 0.5) is 13.2 Å². The summed E-state index contributed by atoms with van der Waals surface area (Å²) in [7, 11) is 0. The minimum Gasteiger partial charge on any atom is -0.331 e. The fourth-order valence-corrected chi connectivity index (χ4v) is 3.74. The standard InChI is InChI=1S/C16H14F3NOS/c1-10-13-6-8-22-14(13)5-7-20(10)15(21)11-3-2-4-12(9-11)16(17,18)19/h2-4,6,8-10H,5,7H2,1H3. The highest BCUT2D eigenvalue weighted by Gasteiger charge is 2.33. The second-order valence-electron chi connectivity index (χ2n) is 5.30. The van der Waals surface area contributed by atoms with Gasteiger partial charge in [0.25, 0.3) is 5.91 Å². The van der Waals surface area contributed by atoms with Crippen LogP contribution in [0, 0.1) is 0 Å². The van der Waals surface area contributed by atoms with E-state index in [0.717, 1.165) is 24.1 Å². The summed E-state index contributed by atoms with van der Waals surface area (Å²) in [5, 5.41) is 1.99. The van der Waals surface area contributed by atoms with Crippen molar-refractivity contribution >= 4 is 17.2 Å². The van der Waals surface area contributed by atoms with Crippen LogP contribution >= 0.6 is 11.3 Å². The number of hydrogen-bond donors (Lipinski definition) is 0. The van der Waals surface area contributed by atoms with Gasteiger partial charge >= 0.3 is 6.18 Å². The first kappa shape index (κ1) is 15.1. The third kappa shape index (κ3) is 2.63. The molecule has 2 nitrogen and oxygen atoms in total. The lowest BCUT2D eigenvalue weighted by Gasteiger charge is -2.33. The van der Waals surface area contributed by atoms with Crippen molar-refractivity contribution in [3.8, 4) is 0 Å². The summed E-state index contributed by atoms with van der Waals surface area (Å²) in [6.45, 7) is 2.44. The van der Waals surface area contributed by atoms with Gasteiger partial charge in [0.15, 0.2) is 0 Å². The molecule has 0 spiro atoms. The van der Waals surface area contributed by atoms with Crippen LogP contribution in [0.15, 0.2) is 35.7 Å². The summed E-state index contributed by atoms with van der Waals surface area (Å²) >= 11 is 1.66. The van der Waals surface area contributed by atoms with Crippen LogP contribution in [-0.2, 0) is 12.6 Å². The third-order valence-corrected chi connectivity index (χ3v) is 4.97. The average Bonchev–Trinajstić information content (AvgIpc) is 2.96. The van der Waals surface area contributed by atoms with Crippen molar-refractivity contribution in [2.24, 2.45) is 0 Å². The number of hydrogen-bond acceptors (Lipinski definition) is 2. The number of thiophene rings is 1. The van der Waals surface area contributed by atoms with Gasteiger partial charge in [0.1, 0.15) is 0 Å². The van der Waals surface area contributed by atoms with E-state index < -0.39 is 11.7 Å². The van der Waals surface area contributed by atoms with Crippen molar-refractivity contribution in [1.82, 2.24) is 4.90 Å². The van der Waals surface area contributed by atoms with E-state index in [9.17, 15) is 18.0 Å². The van der Waals surface area contributed by atoms with E-state index in [1.807, 2.05) is 18.4 Å². The Morgan fingerprint density at radius 1 is 1.32 bits per heavy atom. The van der Waals surface area contributed by atoms with Crippen molar-refractivity contribution in [3.63, 3.8) is 0 Å². The molecule has 1 aliphatic rings. The lowest BCUT2D eigenvalue weighted by molar-refractivity contribution is -0.137. The summed E-state index contributed by atoms with van der Waals surface area (Å²) in [6.07, 6.45) is -3.69. The van der Waals surface area contributed by atoms with Gasteiger partial charge in [-0.1, -0.05) is 6.07 Å². The van der Waals surface area contributed by atoms with Gasteiger partial charge in [0.2, 0.25) is 0 Å². The van der Waals surface area contributed by atoms with Crippen molar-refractivity contribution in [3.05, 3.63) is 57.3 Å². The SMILES string of the molecule is CC1c2ccsc2CCN1C(=O)c1cccc(C(F)(F)F)c1. The smallest absolute Gasteiger partial charge is 0.331 e. The first-order valence-corrected chi connectivity index (χ1v) is 7.80. The Balaban J connectivity index is 1.89. The van der Waals surface area contributed by atoms with Crippen LogP contribution in [-0.4, -0.2) is 17.4 Å². The van der Waals surface area contributed by atoms with Crippen LogP contribution < -0.4 is 0 Å². The predicted molar refractivity (Wildman–Crippen MR) is 78.9 cm³/mol. The molecule has 1 aliphatic heterocycles. The van der Waals surface area contributed by atoms with Gasteiger partial charge in [-0.2, -0.15) is 13.2 Å². The van der Waals surface area contributed by atoms with Gasteiger partial charge in [0.05, 0.1) is 11.6 Å². The lowest BCUT2D eigenvalue weighted by Crippen LogP contribution is -2.38. The molecule has 0 N–H and O–H groups in total. The molecule has 0 fully saturated rings. The summed E-state index contributed by atoms with van der Waals surface area (Å²) in [5.41, 5.74) is 0.385. The molecule has 1 unspecified atom stereocenters. The second kappa shape index (κ2) is 5.43. The molecule has 1 aromatic carbocycles. The fourth-order valence-electron chi connectivity index (χ4n) is 2.78. The Hall–Kier alpha value is -1.82. The maximum absolute atomic E-state index is 12.8. The molecule has 0 aliphatic carbocycles. The summed E-state index contributed by atoms with van der Waals surface area (Å²) in [5.74, 6) is -0.351. The monoisotopic (exact) mass is 325 g/mol. The normalized spacial score (nSPS) is 18.2. The minimum absolute atomic E-state index is 0.0837. The van der Waals surface area contributed by atoms with Crippen molar-refractivity contribution in [1.29, 1.82) is 0 Å². The van der Waals surface area contributed by atoms with Crippen LogP contribution in [0.5, 0.6) is 0 Å². The Morgan fingerprint density at radius 3 is 2.82 bits per heavy atom. The molecule has 116 valence electrons. The van der Waals surface area contributed by atoms with Crippen LogP contribution in [0.2, 0.25) is 0 Å². The first-order chi connectivity index (χ1) is 10.4. The lowest BCUT2D eigenvalue weighted by atomic mass is 10.00. The van der Waals surface area contributed by atoms with E-state index >= 15 is 0 Å². The molecule has 0 bridgehead atoms. The quantitative estimate of drug-likeness (QED) is 0.754. The average molecular weight is 325 g/mol. The molecule has 1 atom stereocenters. The molecule has 1 amide bonds. The molecule has 22 heavy (non-hydrogen) atoms. The van der Waals surface area contributed by atoms with E-state index in [4.69, 9.17) is 0 Å². The molecule has 1 aromatic heterocycles. The molecular formula is C16H14F3NOS. The minimum atomic E-state index is -4.44.